The number of piperidine rings is 1. The van der Waals surface area contributed by atoms with Gasteiger partial charge in [0, 0.05) is 25.7 Å². The first-order chi connectivity index (χ1) is 16.4. The third kappa shape index (κ3) is 7.52. The normalized spacial score (nSPS) is 16.5. The number of alkyl carbamates (subject to hydrolysis) is 1. The Balaban J connectivity index is 1.47. The molecule has 1 aliphatic rings. The summed E-state index contributed by atoms with van der Waals surface area (Å²) in [6.07, 6.45) is 1.58. The van der Waals surface area contributed by atoms with Crippen molar-refractivity contribution in [3.8, 4) is 0 Å². The zero-order chi connectivity index (χ0) is 24.5. The molecular formula is C26H33F2N3O3. The Bertz CT molecular complexity index is 950. The summed E-state index contributed by atoms with van der Waals surface area (Å²) in [6, 6.07) is 12.6. The van der Waals surface area contributed by atoms with E-state index >= 15 is 0 Å². The van der Waals surface area contributed by atoms with Crippen molar-refractivity contribution in [2.45, 2.75) is 58.3 Å². The number of amides is 2. The minimum absolute atomic E-state index is 0.0117. The quantitative estimate of drug-likeness (QED) is 0.567. The summed E-state index contributed by atoms with van der Waals surface area (Å²) >= 11 is 0. The maximum absolute atomic E-state index is 13.5. The van der Waals surface area contributed by atoms with Gasteiger partial charge in [0.1, 0.15) is 12.6 Å². The number of hydrogen-bond acceptors (Lipinski definition) is 4. The lowest BCUT2D eigenvalue weighted by molar-refractivity contribution is -0.125. The van der Waals surface area contributed by atoms with Crippen LogP contribution in [0.25, 0.3) is 0 Å². The van der Waals surface area contributed by atoms with E-state index in [0.29, 0.717) is 6.54 Å². The van der Waals surface area contributed by atoms with Crippen molar-refractivity contribution in [3.63, 3.8) is 0 Å². The first kappa shape index (κ1) is 25.6. The molecule has 2 amide bonds. The highest BCUT2D eigenvalue weighted by molar-refractivity contribution is 5.86. The van der Waals surface area contributed by atoms with Crippen LogP contribution in [-0.4, -0.2) is 42.1 Å². The van der Waals surface area contributed by atoms with Gasteiger partial charge in [0.25, 0.3) is 0 Å². The number of nitrogens with zero attached hydrogens (tertiary/aromatic N) is 1. The Hall–Kier alpha value is -3.00. The second kappa shape index (κ2) is 12.5. The molecule has 2 atom stereocenters. The molecule has 1 heterocycles. The number of benzene rings is 2. The topological polar surface area (TPSA) is 70.7 Å². The van der Waals surface area contributed by atoms with Crippen LogP contribution in [0.5, 0.6) is 0 Å². The summed E-state index contributed by atoms with van der Waals surface area (Å²) < 4.78 is 31.9. The Morgan fingerprint density at radius 2 is 1.76 bits per heavy atom. The first-order valence-corrected chi connectivity index (χ1v) is 11.8. The minimum atomic E-state index is -0.849. The lowest BCUT2D eigenvalue weighted by atomic mass is 9.97. The Kier molecular flexibility index (Phi) is 9.39. The zero-order valence-electron chi connectivity index (χ0n) is 19.7. The summed E-state index contributed by atoms with van der Waals surface area (Å²) in [5.74, 6) is -1.97. The highest BCUT2D eigenvalue weighted by Gasteiger charge is 2.29. The van der Waals surface area contributed by atoms with E-state index in [1.807, 2.05) is 44.2 Å². The Morgan fingerprint density at radius 1 is 1.06 bits per heavy atom. The van der Waals surface area contributed by atoms with Crippen molar-refractivity contribution < 1.29 is 23.1 Å². The van der Waals surface area contributed by atoms with Crippen LogP contribution in [0.1, 0.15) is 44.2 Å². The summed E-state index contributed by atoms with van der Waals surface area (Å²) in [6.45, 7) is 6.01. The molecule has 0 radical (unpaired) electrons. The first-order valence-electron chi connectivity index (χ1n) is 11.8. The molecule has 6 nitrogen and oxygen atoms in total. The van der Waals surface area contributed by atoms with E-state index in [1.165, 1.54) is 6.07 Å². The van der Waals surface area contributed by atoms with Crippen LogP contribution in [0.4, 0.5) is 13.6 Å². The molecule has 0 spiro atoms. The van der Waals surface area contributed by atoms with Crippen LogP contribution in [0.15, 0.2) is 48.5 Å². The van der Waals surface area contributed by atoms with E-state index in [9.17, 15) is 18.4 Å². The second-order valence-corrected chi connectivity index (χ2v) is 8.88. The van der Waals surface area contributed by atoms with E-state index in [2.05, 4.69) is 15.5 Å². The van der Waals surface area contributed by atoms with Crippen molar-refractivity contribution in [1.82, 2.24) is 15.5 Å². The number of carbonyl (C=O) groups excluding carboxylic acids is 2. The van der Waals surface area contributed by atoms with Crippen LogP contribution in [0, 0.1) is 17.6 Å². The molecular weight excluding hydrogens is 440 g/mol. The average molecular weight is 474 g/mol. The van der Waals surface area contributed by atoms with Crippen molar-refractivity contribution in [1.29, 1.82) is 0 Å². The van der Waals surface area contributed by atoms with E-state index < -0.39 is 23.8 Å². The minimum Gasteiger partial charge on any atom is -0.445 e. The van der Waals surface area contributed by atoms with Gasteiger partial charge in [-0.25, -0.2) is 13.6 Å². The van der Waals surface area contributed by atoms with Gasteiger partial charge in [0.05, 0.1) is 0 Å². The lowest BCUT2D eigenvalue weighted by Crippen LogP contribution is -2.54. The lowest BCUT2D eigenvalue weighted by Gasteiger charge is -2.33. The Morgan fingerprint density at radius 3 is 2.41 bits per heavy atom. The van der Waals surface area contributed by atoms with Gasteiger partial charge in [-0.15, -0.1) is 0 Å². The predicted octanol–water partition coefficient (Wildman–Crippen LogP) is 4.39. The van der Waals surface area contributed by atoms with Crippen molar-refractivity contribution in [2.75, 3.05) is 13.1 Å². The number of ether oxygens (including phenoxy) is 1. The van der Waals surface area contributed by atoms with Gasteiger partial charge in [-0.3, -0.25) is 9.69 Å². The molecule has 3 rings (SSSR count). The number of carbonyl (C=O) groups is 2. The van der Waals surface area contributed by atoms with Crippen molar-refractivity contribution >= 4 is 12.0 Å². The molecule has 0 saturated carbocycles. The van der Waals surface area contributed by atoms with Gasteiger partial charge in [0.2, 0.25) is 5.91 Å². The molecule has 0 bridgehead atoms. The van der Waals surface area contributed by atoms with Crippen LogP contribution in [0.3, 0.4) is 0 Å². The molecule has 8 heteroatoms. The number of halogens is 2. The largest absolute Gasteiger partial charge is 0.445 e. The summed E-state index contributed by atoms with van der Waals surface area (Å²) in [5.41, 5.74) is 1.59. The fourth-order valence-electron chi connectivity index (χ4n) is 4.02. The molecule has 1 saturated heterocycles. The maximum Gasteiger partial charge on any atom is 0.408 e. The van der Waals surface area contributed by atoms with E-state index in [1.54, 1.807) is 6.07 Å². The second-order valence-electron chi connectivity index (χ2n) is 8.88. The highest BCUT2D eigenvalue weighted by Crippen LogP contribution is 2.17. The smallest absolute Gasteiger partial charge is 0.408 e. The molecule has 1 aliphatic heterocycles. The SMILES string of the molecule is CC[C@H](C)[C@H](NC(=O)OCc1ccccc1)C(=O)NC1CCN(Cc2ccc(F)c(F)c2)CC1. The van der Waals surface area contributed by atoms with E-state index in [4.69, 9.17) is 4.74 Å². The molecule has 0 unspecified atom stereocenters. The molecule has 0 aliphatic carbocycles. The van der Waals surface area contributed by atoms with Crippen LogP contribution >= 0.6 is 0 Å². The van der Waals surface area contributed by atoms with Crippen molar-refractivity contribution in [2.24, 2.45) is 5.92 Å². The molecule has 2 aromatic rings. The summed E-state index contributed by atoms with van der Waals surface area (Å²) in [5, 5.41) is 5.80. The molecule has 34 heavy (non-hydrogen) atoms. The van der Waals surface area contributed by atoms with Crippen molar-refractivity contribution in [3.05, 3.63) is 71.3 Å². The predicted molar refractivity (Wildman–Crippen MR) is 126 cm³/mol. The fourth-order valence-corrected chi connectivity index (χ4v) is 4.02. The third-order valence-corrected chi connectivity index (χ3v) is 6.31. The highest BCUT2D eigenvalue weighted by atomic mass is 19.2. The van der Waals surface area contributed by atoms with Gasteiger partial charge < -0.3 is 15.4 Å². The Labute approximate surface area is 199 Å². The van der Waals surface area contributed by atoms with Gasteiger partial charge >= 0.3 is 6.09 Å². The molecule has 184 valence electrons. The average Bonchev–Trinajstić information content (AvgIpc) is 2.85. The molecule has 2 aromatic carbocycles. The third-order valence-electron chi connectivity index (χ3n) is 6.31. The number of hydrogen-bond donors (Lipinski definition) is 2. The van der Waals surface area contributed by atoms with E-state index in [-0.39, 0.29) is 24.5 Å². The van der Waals surface area contributed by atoms with Crippen LogP contribution < -0.4 is 10.6 Å². The summed E-state index contributed by atoms with van der Waals surface area (Å²) in [4.78, 5) is 27.5. The molecule has 2 N–H and O–H groups in total. The zero-order valence-corrected chi connectivity index (χ0v) is 19.7. The fraction of sp³-hybridized carbons (Fsp3) is 0.462. The number of nitrogens with one attached hydrogen (secondary N) is 2. The summed E-state index contributed by atoms with van der Waals surface area (Å²) in [7, 11) is 0. The van der Waals surface area contributed by atoms with Crippen LogP contribution in [0.2, 0.25) is 0 Å². The number of likely N-dealkylation sites (tertiary alicyclic amines) is 1. The van der Waals surface area contributed by atoms with Gasteiger partial charge in [0.15, 0.2) is 11.6 Å². The number of rotatable bonds is 9. The van der Waals surface area contributed by atoms with Crippen LogP contribution in [-0.2, 0) is 22.7 Å². The monoisotopic (exact) mass is 473 g/mol. The van der Waals surface area contributed by atoms with Gasteiger partial charge in [-0.2, -0.15) is 0 Å². The van der Waals surface area contributed by atoms with E-state index in [0.717, 1.165) is 49.5 Å². The maximum atomic E-state index is 13.5. The standard InChI is InChI=1S/C26H33F2N3O3/c1-3-18(2)24(30-26(33)34-17-19-7-5-4-6-8-19)25(32)29-21-11-13-31(14-12-21)16-20-9-10-22(27)23(28)15-20/h4-10,15,18,21,24H,3,11-14,16-17H2,1-2H3,(H,29,32)(H,30,33)/t18-,24-/m0/s1. The molecule has 0 aromatic heterocycles. The molecule has 1 fully saturated rings. The van der Waals surface area contributed by atoms with Gasteiger partial charge in [-0.05, 0) is 42.0 Å². The van der Waals surface area contributed by atoms with Gasteiger partial charge in [-0.1, -0.05) is 56.7 Å².